The van der Waals surface area contributed by atoms with E-state index in [1.807, 2.05) is 48.5 Å². The standard InChI is InChI=1S/C21H18BrN3O3/c1-13-11-18(26)20(24-25(13)15-5-3-2-4-6-15)21(27)23-17-9-10-28-19-8-7-14(22)12-16(17)19/h2-8,11-12,17H,9-10H2,1H3,(H,23,27). The van der Waals surface area contributed by atoms with Crippen LogP contribution in [0, 0.1) is 6.92 Å². The summed E-state index contributed by atoms with van der Waals surface area (Å²) in [5, 5.41) is 7.27. The number of rotatable bonds is 3. The fraction of sp³-hybridized carbons (Fsp3) is 0.190. The normalized spacial score (nSPS) is 15.4. The molecule has 1 aromatic heterocycles. The van der Waals surface area contributed by atoms with Crippen molar-refractivity contribution in [2.75, 3.05) is 6.61 Å². The van der Waals surface area contributed by atoms with E-state index < -0.39 is 11.3 Å². The Bertz CT molecular complexity index is 1100. The molecule has 142 valence electrons. The predicted octanol–water partition coefficient (Wildman–Crippen LogP) is 3.56. The fourth-order valence-electron chi connectivity index (χ4n) is 3.28. The Morgan fingerprint density at radius 2 is 2.00 bits per heavy atom. The summed E-state index contributed by atoms with van der Waals surface area (Å²) in [6, 6.07) is 16.3. The predicted molar refractivity (Wildman–Crippen MR) is 109 cm³/mol. The highest BCUT2D eigenvalue weighted by Gasteiger charge is 2.25. The molecule has 2 aromatic carbocycles. The van der Waals surface area contributed by atoms with Gasteiger partial charge in [0.15, 0.2) is 5.69 Å². The Labute approximate surface area is 170 Å². The van der Waals surface area contributed by atoms with E-state index in [1.54, 1.807) is 11.6 Å². The van der Waals surface area contributed by atoms with E-state index >= 15 is 0 Å². The number of hydrogen-bond donors (Lipinski definition) is 1. The number of aromatic nitrogens is 2. The third kappa shape index (κ3) is 3.57. The minimum absolute atomic E-state index is 0.127. The lowest BCUT2D eigenvalue weighted by molar-refractivity contribution is 0.0916. The van der Waals surface area contributed by atoms with Crippen LogP contribution in [0.5, 0.6) is 5.75 Å². The summed E-state index contributed by atoms with van der Waals surface area (Å²) in [4.78, 5) is 25.3. The molecular formula is C21H18BrN3O3. The first-order valence-electron chi connectivity index (χ1n) is 8.92. The molecule has 1 aliphatic heterocycles. The molecule has 1 unspecified atom stereocenters. The number of hydrogen-bond acceptors (Lipinski definition) is 4. The molecule has 4 rings (SSSR count). The molecule has 7 heteroatoms. The summed E-state index contributed by atoms with van der Waals surface area (Å²) in [5.74, 6) is 0.241. The molecule has 0 spiro atoms. The van der Waals surface area contributed by atoms with Crippen molar-refractivity contribution in [3.63, 3.8) is 0 Å². The minimum atomic E-state index is -0.493. The van der Waals surface area contributed by atoms with Crippen molar-refractivity contribution in [2.45, 2.75) is 19.4 Å². The number of ether oxygens (including phenoxy) is 1. The van der Waals surface area contributed by atoms with Crippen LogP contribution in [0.15, 0.2) is 63.9 Å². The highest BCUT2D eigenvalue weighted by Crippen LogP contribution is 2.34. The smallest absolute Gasteiger partial charge is 0.276 e. The van der Waals surface area contributed by atoms with Gasteiger partial charge in [-0.2, -0.15) is 5.10 Å². The van der Waals surface area contributed by atoms with Crippen molar-refractivity contribution in [1.82, 2.24) is 15.1 Å². The van der Waals surface area contributed by atoms with Crippen molar-refractivity contribution >= 4 is 21.8 Å². The van der Waals surface area contributed by atoms with E-state index in [2.05, 4.69) is 26.3 Å². The summed E-state index contributed by atoms with van der Waals surface area (Å²) in [7, 11) is 0. The lowest BCUT2D eigenvalue weighted by Crippen LogP contribution is -2.36. The van der Waals surface area contributed by atoms with Gasteiger partial charge in [0.2, 0.25) is 5.43 Å². The van der Waals surface area contributed by atoms with Gasteiger partial charge in [-0.25, -0.2) is 4.68 Å². The lowest BCUT2D eigenvalue weighted by Gasteiger charge is -2.26. The van der Waals surface area contributed by atoms with E-state index in [-0.39, 0.29) is 11.7 Å². The van der Waals surface area contributed by atoms with Crippen LogP contribution in [0.1, 0.15) is 34.2 Å². The van der Waals surface area contributed by atoms with Gasteiger partial charge in [-0.3, -0.25) is 9.59 Å². The van der Waals surface area contributed by atoms with Crippen LogP contribution in [0.2, 0.25) is 0 Å². The summed E-state index contributed by atoms with van der Waals surface area (Å²) in [6.07, 6.45) is 0.619. The van der Waals surface area contributed by atoms with Gasteiger partial charge in [-0.05, 0) is 37.3 Å². The van der Waals surface area contributed by atoms with Gasteiger partial charge in [-0.1, -0.05) is 34.1 Å². The minimum Gasteiger partial charge on any atom is -0.493 e. The van der Waals surface area contributed by atoms with Crippen LogP contribution in [0.4, 0.5) is 0 Å². The SMILES string of the molecule is Cc1cc(=O)c(C(=O)NC2CCOc3ccc(Br)cc32)nn1-c1ccccc1. The van der Waals surface area contributed by atoms with E-state index in [4.69, 9.17) is 4.74 Å². The molecule has 0 saturated heterocycles. The second-order valence-electron chi connectivity index (χ2n) is 6.59. The zero-order chi connectivity index (χ0) is 19.7. The van der Waals surface area contributed by atoms with Crippen LogP contribution in [-0.4, -0.2) is 22.3 Å². The first-order valence-corrected chi connectivity index (χ1v) is 9.72. The van der Waals surface area contributed by atoms with Crippen molar-refractivity contribution < 1.29 is 9.53 Å². The summed E-state index contributed by atoms with van der Waals surface area (Å²) in [6.45, 7) is 2.28. The fourth-order valence-corrected chi connectivity index (χ4v) is 3.66. The summed E-state index contributed by atoms with van der Waals surface area (Å²) < 4.78 is 8.16. The number of amides is 1. The molecule has 28 heavy (non-hydrogen) atoms. The molecule has 6 nitrogen and oxygen atoms in total. The lowest BCUT2D eigenvalue weighted by atomic mass is 10.0. The highest BCUT2D eigenvalue weighted by atomic mass is 79.9. The van der Waals surface area contributed by atoms with Gasteiger partial charge in [0.1, 0.15) is 5.75 Å². The van der Waals surface area contributed by atoms with Crippen LogP contribution >= 0.6 is 15.9 Å². The molecule has 0 radical (unpaired) electrons. The van der Waals surface area contributed by atoms with Gasteiger partial charge >= 0.3 is 0 Å². The highest BCUT2D eigenvalue weighted by molar-refractivity contribution is 9.10. The average Bonchev–Trinajstić information content (AvgIpc) is 2.69. The van der Waals surface area contributed by atoms with Gasteiger partial charge in [0.25, 0.3) is 5.91 Å². The number of carbonyl (C=O) groups is 1. The van der Waals surface area contributed by atoms with Crippen molar-refractivity contribution in [2.24, 2.45) is 0 Å². The number of aryl methyl sites for hydroxylation is 1. The van der Waals surface area contributed by atoms with E-state index in [9.17, 15) is 9.59 Å². The number of carbonyl (C=O) groups excluding carboxylic acids is 1. The number of benzene rings is 2. The first kappa shape index (κ1) is 18.4. The summed E-state index contributed by atoms with van der Waals surface area (Å²) in [5.41, 5.74) is 1.80. The molecule has 1 aliphatic rings. The van der Waals surface area contributed by atoms with E-state index in [0.717, 1.165) is 21.5 Å². The topological polar surface area (TPSA) is 73.2 Å². The third-order valence-electron chi connectivity index (χ3n) is 4.64. The Morgan fingerprint density at radius 3 is 2.79 bits per heavy atom. The van der Waals surface area contributed by atoms with Crippen LogP contribution in [0.25, 0.3) is 5.69 Å². The molecule has 0 saturated carbocycles. The zero-order valence-corrected chi connectivity index (χ0v) is 16.8. The molecule has 0 fully saturated rings. The zero-order valence-electron chi connectivity index (χ0n) is 15.2. The van der Waals surface area contributed by atoms with Gasteiger partial charge in [0, 0.05) is 28.2 Å². The largest absolute Gasteiger partial charge is 0.493 e. The second-order valence-corrected chi connectivity index (χ2v) is 7.51. The molecule has 0 aliphatic carbocycles. The molecular weight excluding hydrogens is 422 g/mol. The number of para-hydroxylation sites is 1. The van der Waals surface area contributed by atoms with Gasteiger partial charge in [-0.15, -0.1) is 0 Å². The third-order valence-corrected chi connectivity index (χ3v) is 5.13. The van der Waals surface area contributed by atoms with Crippen molar-refractivity contribution in [3.8, 4) is 11.4 Å². The Hall–Kier alpha value is -2.93. The van der Waals surface area contributed by atoms with E-state index in [1.165, 1.54) is 6.07 Å². The molecule has 1 amide bonds. The Morgan fingerprint density at radius 1 is 1.21 bits per heavy atom. The van der Waals surface area contributed by atoms with Gasteiger partial charge < -0.3 is 10.1 Å². The molecule has 2 heterocycles. The monoisotopic (exact) mass is 439 g/mol. The first-order chi connectivity index (χ1) is 13.5. The molecule has 1 N–H and O–H groups in total. The Balaban J connectivity index is 1.67. The van der Waals surface area contributed by atoms with Crippen molar-refractivity contribution in [3.05, 3.63) is 86.2 Å². The number of nitrogens with zero attached hydrogens (tertiary/aromatic N) is 2. The average molecular weight is 440 g/mol. The summed E-state index contributed by atoms with van der Waals surface area (Å²) >= 11 is 3.45. The van der Waals surface area contributed by atoms with Gasteiger partial charge in [0.05, 0.1) is 18.3 Å². The Kier molecular flexibility index (Phi) is 5.00. The number of fused-ring (bicyclic) bond motifs is 1. The van der Waals surface area contributed by atoms with E-state index in [0.29, 0.717) is 18.7 Å². The van der Waals surface area contributed by atoms with Crippen LogP contribution in [0.3, 0.4) is 0 Å². The molecule has 3 aromatic rings. The quantitative estimate of drug-likeness (QED) is 0.676. The number of nitrogens with one attached hydrogen (secondary N) is 1. The van der Waals surface area contributed by atoms with Crippen molar-refractivity contribution in [1.29, 1.82) is 0 Å². The molecule has 1 atom stereocenters. The maximum atomic E-state index is 12.9. The maximum Gasteiger partial charge on any atom is 0.276 e. The number of halogens is 1. The maximum absolute atomic E-state index is 12.9. The molecule has 0 bridgehead atoms. The second kappa shape index (κ2) is 7.59. The van der Waals surface area contributed by atoms with Crippen LogP contribution < -0.4 is 15.5 Å². The van der Waals surface area contributed by atoms with Crippen LogP contribution in [-0.2, 0) is 0 Å².